The second-order valence-electron chi connectivity index (χ2n) is 13.4. The molecule has 2 saturated heterocycles. The van der Waals surface area contributed by atoms with E-state index in [9.17, 15) is 29.7 Å². The van der Waals surface area contributed by atoms with Crippen LogP contribution in [0, 0.1) is 11.3 Å². The Morgan fingerprint density at radius 1 is 0.887 bits per heavy atom. The average molecular weight is 765 g/mol. The molecule has 53 heavy (non-hydrogen) atoms. The van der Waals surface area contributed by atoms with Crippen molar-refractivity contribution < 1.29 is 72.3 Å². The van der Waals surface area contributed by atoms with Gasteiger partial charge in [0.25, 0.3) is 0 Å². The highest BCUT2D eigenvalue weighted by Gasteiger charge is 2.62. The van der Waals surface area contributed by atoms with Gasteiger partial charge in [-0.2, -0.15) is 0 Å². The Balaban J connectivity index is 2.17. The maximum atomic E-state index is 13.3. The first-order valence-electron chi connectivity index (χ1n) is 17.1. The molecular weight excluding hydrogens is 708 g/mol. The molecule has 0 spiro atoms. The zero-order chi connectivity index (χ0) is 39.6. The van der Waals surface area contributed by atoms with E-state index < -0.39 is 128 Å². The van der Waals surface area contributed by atoms with Crippen molar-refractivity contribution in [1.29, 1.82) is 0 Å². The van der Waals surface area contributed by atoms with E-state index in [4.69, 9.17) is 48.2 Å². The first kappa shape index (κ1) is 44.6. The lowest BCUT2D eigenvalue weighted by atomic mass is 9.75. The summed E-state index contributed by atoms with van der Waals surface area (Å²) in [6, 6.07) is -3.33. The number of nitrogens with one attached hydrogen (secondary N) is 2. The minimum Gasteiger partial charge on any atom is -0.396 e. The highest BCUT2D eigenvalue weighted by atomic mass is 16.8. The molecule has 3 aliphatic rings. The van der Waals surface area contributed by atoms with Gasteiger partial charge in [0.1, 0.15) is 37.0 Å². The van der Waals surface area contributed by atoms with Crippen LogP contribution >= 0.6 is 0 Å². The van der Waals surface area contributed by atoms with Crippen LogP contribution in [0.3, 0.4) is 0 Å². The van der Waals surface area contributed by atoms with E-state index in [1.807, 2.05) is 0 Å². The molecule has 2 aliphatic heterocycles. The number of azide groups is 1. The average Bonchev–Trinajstić information content (AvgIpc) is 3.37. The standard InChI is InChI=1S/C32H56N6O15/c1-15-32(13-40,14-46-6)29(53-30-23(38(4)20(43)10-34-37-33)28(49-9)27(48-8)19(51-30)12-45-5)31(50-15)52-26-18(11-39)25(47-7)21(35-16(2)41)24(44)22(26)36-17(3)42/h15,18-19,21-31,39-40,44H,10-14H2,1-9H3,(H,35,41)(H,36,42)/t15-,18-,19-,21-,22-,23-,24+,25+,26+,27?,28+,29-,30+,31-,32-/m0/s1. The molecule has 3 amide bonds. The molecular formula is C32H56N6O15. The molecule has 3 rings (SSSR count). The smallest absolute Gasteiger partial charge is 0.228 e. The van der Waals surface area contributed by atoms with Gasteiger partial charge in [-0.25, -0.2) is 0 Å². The second-order valence-corrected chi connectivity index (χ2v) is 13.4. The zero-order valence-electron chi connectivity index (χ0n) is 31.6. The first-order chi connectivity index (χ1) is 25.2. The van der Waals surface area contributed by atoms with E-state index in [2.05, 4.69) is 20.7 Å². The number of nitrogens with zero attached hydrogens (tertiary/aromatic N) is 4. The number of hydrogen-bond donors (Lipinski definition) is 5. The SMILES string of the molecule is COC[C@@H]1O[C@H](O[C@H]2[C@H](O[C@@H]3[C@@H](CO)[C@@H](OC)[C@@H](NC(C)=O)[C@@H](O)[C@@H]3NC(C)=O)O[C@@H](C)[C@]2(CO)COC)[C@@H](N(C)C(=O)CN=[N+]=[N-])[C@@H](OC)C1OC. The van der Waals surface area contributed by atoms with Gasteiger partial charge in [0, 0.05) is 67.3 Å². The van der Waals surface area contributed by atoms with Crippen molar-refractivity contribution in [3.8, 4) is 0 Å². The summed E-state index contributed by atoms with van der Waals surface area (Å²) in [7, 11) is 8.55. The molecule has 304 valence electrons. The van der Waals surface area contributed by atoms with Crippen molar-refractivity contribution in [1.82, 2.24) is 15.5 Å². The van der Waals surface area contributed by atoms with E-state index in [0.29, 0.717) is 0 Å². The minimum absolute atomic E-state index is 0.0203. The predicted octanol–water partition coefficient (Wildman–Crippen LogP) is -2.33. The molecule has 3 fully saturated rings. The number of hydrogen-bond acceptors (Lipinski definition) is 16. The summed E-state index contributed by atoms with van der Waals surface area (Å²) in [6.45, 7) is 2.41. The van der Waals surface area contributed by atoms with Gasteiger partial charge < -0.3 is 73.5 Å². The number of rotatable bonds is 18. The summed E-state index contributed by atoms with van der Waals surface area (Å²) in [6.07, 6.45) is -11.0. The van der Waals surface area contributed by atoms with E-state index >= 15 is 0 Å². The van der Waals surface area contributed by atoms with E-state index in [1.54, 1.807) is 6.92 Å². The van der Waals surface area contributed by atoms with Gasteiger partial charge in [-0.1, -0.05) is 5.11 Å². The maximum absolute atomic E-state index is 13.3. The first-order valence-corrected chi connectivity index (χ1v) is 17.1. The van der Waals surface area contributed by atoms with Gasteiger partial charge in [0.2, 0.25) is 17.7 Å². The molecule has 0 aromatic rings. The molecule has 2 heterocycles. The zero-order valence-corrected chi connectivity index (χ0v) is 31.6. The van der Waals surface area contributed by atoms with Gasteiger partial charge in [-0.15, -0.1) is 0 Å². The molecule has 21 nitrogen and oxygen atoms in total. The van der Waals surface area contributed by atoms with E-state index in [1.165, 1.54) is 61.3 Å². The van der Waals surface area contributed by atoms with Crippen molar-refractivity contribution in [3.63, 3.8) is 0 Å². The molecule has 15 atom stereocenters. The van der Waals surface area contributed by atoms with Gasteiger partial charge in [-0.05, 0) is 12.5 Å². The summed E-state index contributed by atoms with van der Waals surface area (Å²) in [5.74, 6) is -2.58. The monoisotopic (exact) mass is 764 g/mol. The summed E-state index contributed by atoms with van der Waals surface area (Å²) < 4.78 is 54.5. The Morgan fingerprint density at radius 3 is 1.98 bits per heavy atom. The van der Waals surface area contributed by atoms with Gasteiger partial charge in [-0.3, -0.25) is 14.4 Å². The van der Waals surface area contributed by atoms with Crippen molar-refractivity contribution in [3.05, 3.63) is 10.4 Å². The molecule has 21 heteroatoms. The molecule has 1 unspecified atom stereocenters. The topological polar surface area (TPSA) is 271 Å². The lowest BCUT2D eigenvalue weighted by Crippen LogP contribution is -2.72. The van der Waals surface area contributed by atoms with Crippen LogP contribution in [-0.2, 0) is 57.0 Å². The number of carbonyl (C=O) groups excluding carboxylic acids is 3. The van der Waals surface area contributed by atoms with Gasteiger partial charge >= 0.3 is 0 Å². The fraction of sp³-hybridized carbons (Fsp3) is 0.906. The lowest BCUT2D eigenvalue weighted by molar-refractivity contribution is -0.328. The molecule has 1 saturated carbocycles. The highest BCUT2D eigenvalue weighted by Crippen LogP contribution is 2.45. The second kappa shape index (κ2) is 20.2. The Labute approximate surface area is 308 Å². The fourth-order valence-corrected chi connectivity index (χ4v) is 7.73. The van der Waals surface area contributed by atoms with Crippen LogP contribution in [0.5, 0.6) is 0 Å². The molecule has 0 aromatic heterocycles. The Morgan fingerprint density at radius 2 is 1.49 bits per heavy atom. The van der Waals surface area contributed by atoms with Crippen molar-refractivity contribution in [2.75, 3.05) is 75.6 Å². The van der Waals surface area contributed by atoms with Crippen molar-refractivity contribution in [2.45, 2.75) is 100 Å². The number of carbonyl (C=O) groups is 3. The van der Waals surface area contributed by atoms with Gasteiger partial charge in [0.15, 0.2) is 12.6 Å². The van der Waals surface area contributed by atoms with Crippen LogP contribution in [0.4, 0.5) is 0 Å². The molecule has 0 radical (unpaired) electrons. The van der Waals surface area contributed by atoms with Gasteiger partial charge in [0.05, 0.1) is 68.3 Å². The Bertz CT molecular complexity index is 1260. The molecule has 1 aliphatic carbocycles. The van der Waals surface area contributed by atoms with Crippen LogP contribution in [0.1, 0.15) is 20.8 Å². The number of amides is 3. The highest BCUT2D eigenvalue weighted by molar-refractivity contribution is 5.78. The summed E-state index contributed by atoms with van der Waals surface area (Å²) in [4.78, 5) is 41.8. The number of aliphatic hydroxyl groups is 3. The largest absolute Gasteiger partial charge is 0.396 e. The molecule has 0 aromatic carbocycles. The number of ether oxygens (including phenoxy) is 9. The van der Waals surface area contributed by atoms with Crippen LogP contribution in [0.25, 0.3) is 10.4 Å². The normalized spacial score (nSPS) is 38.5. The van der Waals surface area contributed by atoms with Crippen LogP contribution in [-0.4, -0.2) is 193 Å². The third-order valence-corrected chi connectivity index (χ3v) is 10.4. The Kier molecular flexibility index (Phi) is 17.0. The summed E-state index contributed by atoms with van der Waals surface area (Å²) in [5.41, 5.74) is 7.54. The lowest BCUT2D eigenvalue weighted by Gasteiger charge is -2.51. The Hall–Kier alpha value is -2.76. The summed E-state index contributed by atoms with van der Waals surface area (Å²) >= 11 is 0. The van der Waals surface area contributed by atoms with Crippen molar-refractivity contribution >= 4 is 17.7 Å². The predicted molar refractivity (Wildman–Crippen MR) is 181 cm³/mol. The summed E-state index contributed by atoms with van der Waals surface area (Å²) in [5, 5.41) is 42.0. The quantitative estimate of drug-likeness (QED) is 0.0557. The third kappa shape index (κ3) is 9.55. The number of likely N-dealkylation sites (N-methyl/N-ethyl adjacent to an activating group) is 1. The van der Waals surface area contributed by atoms with Crippen LogP contribution in [0.15, 0.2) is 5.11 Å². The van der Waals surface area contributed by atoms with Crippen LogP contribution in [0.2, 0.25) is 0 Å². The van der Waals surface area contributed by atoms with E-state index in [-0.39, 0.29) is 13.2 Å². The minimum atomic E-state index is -1.47. The maximum Gasteiger partial charge on any atom is 0.228 e. The third-order valence-electron chi connectivity index (χ3n) is 10.4. The van der Waals surface area contributed by atoms with E-state index in [0.717, 1.165) is 0 Å². The number of methoxy groups -OCH3 is 5. The fourth-order valence-electron chi connectivity index (χ4n) is 7.73. The van der Waals surface area contributed by atoms with Crippen LogP contribution < -0.4 is 10.6 Å². The van der Waals surface area contributed by atoms with Crippen molar-refractivity contribution in [2.24, 2.45) is 16.4 Å². The molecule has 0 bridgehead atoms. The number of aliphatic hydroxyl groups excluding tert-OH is 3. The molecule has 5 N–H and O–H groups in total.